The number of nitrogens with zero attached hydrogens (tertiary/aromatic N) is 3. The fourth-order valence-corrected chi connectivity index (χ4v) is 4.34. The Bertz CT molecular complexity index is 918. The normalized spacial score (nSPS) is 15.2. The van der Waals surface area contributed by atoms with E-state index in [2.05, 4.69) is 54.3 Å². The molecule has 0 N–H and O–H groups in total. The van der Waals surface area contributed by atoms with Gasteiger partial charge >= 0.3 is 6.09 Å². The van der Waals surface area contributed by atoms with Gasteiger partial charge in [0.25, 0.3) is 0 Å². The summed E-state index contributed by atoms with van der Waals surface area (Å²) < 4.78 is 20.5. The molecule has 1 aliphatic rings. The number of rotatable bonds is 10. The van der Waals surface area contributed by atoms with Crippen LogP contribution in [0, 0.1) is 5.92 Å². The van der Waals surface area contributed by atoms with Gasteiger partial charge in [0, 0.05) is 32.4 Å². The van der Waals surface area contributed by atoms with E-state index in [0.717, 1.165) is 69.0 Å². The highest BCUT2D eigenvalue weighted by Crippen LogP contribution is 2.30. The maximum atomic E-state index is 12.9. The van der Waals surface area contributed by atoms with Gasteiger partial charge in [0.1, 0.15) is 11.4 Å². The number of hydrogen-bond donors (Lipinski definition) is 0. The average molecular weight is 502 g/mol. The summed E-state index contributed by atoms with van der Waals surface area (Å²) in [4.78, 5) is 21.9. The third-order valence-electron chi connectivity index (χ3n) is 5.96. The standard InChI is InChI=1S/C28H41N3O3.CH3F/c1-22-19-24-14-15-25(29-26(24)31(20-22)27(32)34-28(2,3)4)13-9-10-16-30(17-18-33-5)21-23-11-7-6-8-12-23;1-2/h6-8,11-12,14-15,22H,9-10,13,16-21H2,1-5H3;1H3. The number of benzene rings is 1. The summed E-state index contributed by atoms with van der Waals surface area (Å²) >= 11 is 0. The second-order valence-electron chi connectivity index (χ2n) is 10.4. The van der Waals surface area contributed by atoms with Crippen LogP contribution in [0.25, 0.3) is 0 Å². The number of fused-ring (bicyclic) bond motifs is 1. The highest BCUT2D eigenvalue weighted by atomic mass is 19.1. The second-order valence-corrected chi connectivity index (χ2v) is 10.4. The van der Waals surface area contributed by atoms with Crippen molar-refractivity contribution in [3.63, 3.8) is 0 Å². The molecule has 0 saturated heterocycles. The SMILES string of the molecule is CF.COCCN(CCCCc1ccc2c(n1)N(C(=O)OC(C)(C)C)CC(C)C2)Cc1ccccc1. The first-order valence-corrected chi connectivity index (χ1v) is 12.9. The zero-order chi connectivity index (χ0) is 26.6. The molecule has 3 rings (SSSR count). The van der Waals surface area contributed by atoms with Gasteiger partial charge in [-0.2, -0.15) is 0 Å². The van der Waals surface area contributed by atoms with E-state index in [4.69, 9.17) is 14.5 Å². The summed E-state index contributed by atoms with van der Waals surface area (Å²) in [5.74, 6) is 1.16. The Morgan fingerprint density at radius 3 is 2.50 bits per heavy atom. The molecule has 200 valence electrons. The number of amides is 1. The Balaban J connectivity index is 0.00000222. The van der Waals surface area contributed by atoms with Gasteiger partial charge in [-0.25, -0.2) is 9.78 Å². The molecule has 1 aliphatic heterocycles. The van der Waals surface area contributed by atoms with Crippen LogP contribution in [0.15, 0.2) is 42.5 Å². The van der Waals surface area contributed by atoms with Gasteiger partial charge in [-0.3, -0.25) is 14.2 Å². The molecule has 0 saturated carbocycles. The number of halogens is 1. The molecule has 0 fully saturated rings. The number of carbonyl (C=O) groups is 1. The van der Waals surface area contributed by atoms with Gasteiger partial charge in [0.05, 0.1) is 13.8 Å². The quantitative estimate of drug-likeness (QED) is 0.370. The summed E-state index contributed by atoms with van der Waals surface area (Å²) in [6.45, 7) is 12.1. The maximum absolute atomic E-state index is 12.9. The Kier molecular flexibility index (Phi) is 12.3. The van der Waals surface area contributed by atoms with Crippen molar-refractivity contribution in [3.8, 4) is 0 Å². The molecular weight excluding hydrogens is 457 g/mol. The summed E-state index contributed by atoms with van der Waals surface area (Å²) in [6.07, 6.45) is 3.67. The molecule has 2 heterocycles. The molecule has 1 amide bonds. The summed E-state index contributed by atoms with van der Waals surface area (Å²) in [7, 11) is 2.25. The van der Waals surface area contributed by atoms with Crippen molar-refractivity contribution >= 4 is 11.9 Å². The topological polar surface area (TPSA) is 54.9 Å². The van der Waals surface area contributed by atoms with Crippen LogP contribution in [0.1, 0.15) is 57.4 Å². The molecule has 0 bridgehead atoms. The number of hydrogen-bond acceptors (Lipinski definition) is 5. The number of pyridine rings is 1. The largest absolute Gasteiger partial charge is 0.443 e. The van der Waals surface area contributed by atoms with Crippen molar-refractivity contribution in [3.05, 3.63) is 59.3 Å². The first-order chi connectivity index (χ1) is 17.2. The molecule has 36 heavy (non-hydrogen) atoms. The van der Waals surface area contributed by atoms with E-state index < -0.39 is 5.60 Å². The lowest BCUT2D eigenvalue weighted by atomic mass is 9.96. The summed E-state index contributed by atoms with van der Waals surface area (Å²) in [5.41, 5.74) is 2.96. The number of methoxy groups -OCH3 is 1. The van der Waals surface area contributed by atoms with Crippen LogP contribution in [0.3, 0.4) is 0 Å². The fraction of sp³-hybridized carbons (Fsp3) is 0.586. The molecule has 1 aromatic carbocycles. The van der Waals surface area contributed by atoms with E-state index in [0.29, 0.717) is 19.6 Å². The molecular formula is C29H44FN3O3. The Morgan fingerprint density at radius 1 is 1.11 bits per heavy atom. The van der Waals surface area contributed by atoms with Crippen LogP contribution in [0.2, 0.25) is 0 Å². The van der Waals surface area contributed by atoms with Crippen LogP contribution in [0.4, 0.5) is 15.0 Å². The smallest absolute Gasteiger partial charge is 0.416 e. The highest BCUT2D eigenvalue weighted by molar-refractivity contribution is 5.88. The van der Waals surface area contributed by atoms with E-state index in [1.54, 1.807) is 12.0 Å². The summed E-state index contributed by atoms with van der Waals surface area (Å²) in [5, 5.41) is 0. The van der Waals surface area contributed by atoms with Crippen molar-refractivity contribution in [1.82, 2.24) is 9.88 Å². The van der Waals surface area contributed by atoms with E-state index in [9.17, 15) is 9.18 Å². The molecule has 0 radical (unpaired) electrons. The lowest BCUT2D eigenvalue weighted by molar-refractivity contribution is 0.0571. The highest BCUT2D eigenvalue weighted by Gasteiger charge is 2.31. The van der Waals surface area contributed by atoms with Crippen LogP contribution in [-0.2, 0) is 28.9 Å². The van der Waals surface area contributed by atoms with Crippen molar-refractivity contribution < 1.29 is 18.7 Å². The van der Waals surface area contributed by atoms with Crippen LogP contribution < -0.4 is 4.90 Å². The van der Waals surface area contributed by atoms with E-state index in [1.165, 1.54) is 5.56 Å². The minimum absolute atomic E-state index is 0.306. The first-order valence-electron chi connectivity index (χ1n) is 12.9. The van der Waals surface area contributed by atoms with Gasteiger partial charge in [-0.05, 0) is 76.1 Å². The first kappa shape index (κ1) is 29.7. The molecule has 1 aromatic heterocycles. The molecule has 0 aliphatic carbocycles. The zero-order valence-corrected chi connectivity index (χ0v) is 22.9. The maximum Gasteiger partial charge on any atom is 0.416 e. The fourth-order valence-electron chi connectivity index (χ4n) is 4.34. The molecule has 1 atom stereocenters. The molecule has 2 aromatic rings. The van der Waals surface area contributed by atoms with E-state index in [1.807, 2.05) is 20.8 Å². The molecule has 6 nitrogen and oxygen atoms in total. The number of carbonyl (C=O) groups excluding carboxylic acids is 1. The monoisotopic (exact) mass is 501 g/mol. The van der Waals surface area contributed by atoms with E-state index >= 15 is 0 Å². The van der Waals surface area contributed by atoms with Crippen LogP contribution in [0.5, 0.6) is 0 Å². The van der Waals surface area contributed by atoms with Crippen molar-refractivity contribution in [2.45, 2.75) is 65.5 Å². The molecule has 0 spiro atoms. The second kappa shape index (κ2) is 14.9. The zero-order valence-electron chi connectivity index (χ0n) is 22.9. The van der Waals surface area contributed by atoms with E-state index in [-0.39, 0.29) is 6.09 Å². The Hall–Kier alpha value is -2.51. The number of ether oxygens (including phenoxy) is 2. The van der Waals surface area contributed by atoms with Gasteiger partial charge < -0.3 is 9.47 Å². The van der Waals surface area contributed by atoms with Crippen molar-refractivity contribution in [2.75, 3.05) is 45.4 Å². The van der Waals surface area contributed by atoms with Gasteiger partial charge in [0.15, 0.2) is 0 Å². The lowest BCUT2D eigenvalue weighted by Gasteiger charge is -2.33. The number of aromatic nitrogens is 1. The number of alkyl halides is 1. The third kappa shape index (κ3) is 9.86. The lowest BCUT2D eigenvalue weighted by Crippen LogP contribution is -2.43. The Labute approximate surface area is 216 Å². The van der Waals surface area contributed by atoms with Gasteiger partial charge in [-0.15, -0.1) is 0 Å². The Morgan fingerprint density at radius 2 is 1.83 bits per heavy atom. The van der Waals surface area contributed by atoms with Crippen LogP contribution in [-0.4, -0.2) is 62.1 Å². The third-order valence-corrected chi connectivity index (χ3v) is 5.96. The number of aryl methyl sites for hydroxylation is 1. The van der Waals surface area contributed by atoms with Crippen molar-refractivity contribution in [2.24, 2.45) is 5.92 Å². The number of anilines is 1. The average Bonchev–Trinajstić information content (AvgIpc) is 2.85. The predicted molar refractivity (Wildman–Crippen MR) is 144 cm³/mol. The van der Waals surface area contributed by atoms with Crippen LogP contribution >= 0.6 is 0 Å². The minimum atomic E-state index is -0.524. The predicted octanol–water partition coefficient (Wildman–Crippen LogP) is 6.07. The molecule has 1 unspecified atom stereocenters. The molecule has 7 heteroatoms. The summed E-state index contributed by atoms with van der Waals surface area (Å²) in [6, 6.07) is 14.9. The van der Waals surface area contributed by atoms with Crippen molar-refractivity contribution in [1.29, 1.82) is 0 Å². The van der Waals surface area contributed by atoms with Gasteiger partial charge in [0.2, 0.25) is 0 Å². The number of unbranched alkanes of at least 4 members (excludes halogenated alkanes) is 1. The van der Waals surface area contributed by atoms with Gasteiger partial charge in [-0.1, -0.05) is 43.3 Å². The minimum Gasteiger partial charge on any atom is -0.443 e.